The minimum atomic E-state index is 0.101. The summed E-state index contributed by atoms with van der Waals surface area (Å²) in [5.74, 6) is 0.812. The van der Waals surface area contributed by atoms with Gasteiger partial charge in [-0.25, -0.2) is 0 Å². The van der Waals surface area contributed by atoms with Crippen LogP contribution in [-0.2, 0) is 6.54 Å². The highest BCUT2D eigenvalue weighted by atomic mass is 35.5. The number of nitrogens with one attached hydrogen (secondary N) is 1. The summed E-state index contributed by atoms with van der Waals surface area (Å²) in [4.78, 5) is 0. The number of hydrogen-bond donors (Lipinski definition) is 1. The molecule has 2 rings (SSSR count). The summed E-state index contributed by atoms with van der Waals surface area (Å²) in [6.07, 6.45) is 0.101. The smallest absolute Gasteiger partial charge is 0.124 e. The van der Waals surface area contributed by atoms with Gasteiger partial charge in [-0.1, -0.05) is 34.8 Å². The first-order valence-corrected chi connectivity index (χ1v) is 7.73. The van der Waals surface area contributed by atoms with Crippen molar-refractivity contribution in [3.8, 4) is 5.75 Å². The van der Waals surface area contributed by atoms with E-state index in [1.165, 1.54) is 0 Å². The summed E-state index contributed by atoms with van der Waals surface area (Å²) < 4.78 is 5.79. The normalized spacial score (nSPS) is 10.8. The van der Waals surface area contributed by atoms with E-state index in [4.69, 9.17) is 39.5 Å². The fourth-order valence-corrected chi connectivity index (χ4v) is 2.55. The molecule has 0 aliphatic rings. The van der Waals surface area contributed by atoms with Crippen LogP contribution in [0.5, 0.6) is 5.75 Å². The van der Waals surface area contributed by atoms with Crippen molar-refractivity contribution in [3.63, 3.8) is 0 Å². The van der Waals surface area contributed by atoms with E-state index in [0.717, 1.165) is 17.0 Å². The van der Waals surface area contributed by atoms with E-state index in [2.05, 4.69) is 5.32 Å². The molecule has 2 aromatic carbocycles. The molecule has 0 amide bonds. The summed E-state index contributed by atoms with van der Waals surface area (Å²) in [5, 5.41) is 5.13. The number of rotatable bonds is 5. The second-order valence-electron chi connectivity index (χ2n) is 4.90. The molecule has 0 aliphatic heterocycles. The van der Waals surface area contributed by atoms with Crippen LogP contribution in [0.4, 0.5) is 5.69 Å². The maximum Gasteiger partial charge on any atom is 0.124 e. The lowest BCUT2D eigenvalue weighted by Gasteiger charge is -2.16. The van der Waals surface area contributed by atoms with Crippen LogP contribution in [0, 0.1) is 0 Å². The van der Waals surface area contributed by atoms with Crippen LogP contribution in [0.25, 0.3) is 0 Å². The van der Waals surface area contributed by atoms with Crippen LogP contribution in [-0.4, -0.2) is 6.10 Å². The second-order valence-corrected chi connectivity index (χ2v) is 6.18. The van der Waals surface area contributed by atoms with Gasteiger partial charge in [0.2, 0.25) is 0 Å². The Morgan fingerprint density at radius 2 is 1.67 bits per heavy atom. The van der Waals surface area contributed by atoms with E-state index >= 15 is 0 Å². The molecule has 112 valence electrons. The minimum absolute atomic E-state index is 0.101. The van der Waals surface area contributed by atoms with Gasteiger partial charge in [-0.2, -0.15) is 0 Å². The molecule has 0 atom stereocenters. The molecule has 5 heteroatoms. The molecule has 0 fully saturated rings. The molecule has 0 heterocycles. The average molecular weight is 345 g/mol. The first-order chi connectivity index (χ1) is 9.95. The molecular weight excluding hydrogens is 329 g/mol. The number of hydrogen-bond acceptors (Lipinski definition) is 2. The molecular formula is C16H16Cl3NO. The van der Waals surface area contributed by atoms with Gasteiger partial charge in [0.15, 0.2) is 0 Å². The lowest BCUT2D eigenvalue weighted by Crippen LogP contribution is -2.09. The molecule has 2 aromatic rings. The lowest BCUT2D eigenvalue weighted by molar-refractivity contribution is 0.240. The molecule has 0 radical (unpaired) electrons. The number of halogens is 3. The van der Waals surface area contributed by atoms with Gasteiger partial charge in [0.1, 0.15) is 5.75 Å². The molecule has 21 heavy (non-hydrogen) atoms. The second kappa shape index (κ2) is 7.26. The van der Waals surface area contributed by atoms with Crippen LogP contribution in [0.15, 0.2) is 36.4 Å². The van der Waals surface area contributed by atoms with E-state index < -0.39 is 0 Å². The molecule has 0 unspecified atom stereocenters. The topological polar surface area (TPSA) is 21.3 Å². The van der Waals surface area contributed by atoms with Crippen molar-refractivity contribution in [2.75, 3.05) is 5.32 Å². The Bertz CT molecular complexity index is 629. The van der Waals surface area contributed by atoms with E-state index in [1.807, 2.05) is 38.1 Å². The highest BCUT2D eigenvalue weighted by Gasteiger charge is 2.08. The van der Waals surface area contributed by atoms with Gasteiger partial charge in [-0.3, -0.25) is 0 Å². The van der Waals surface area contributed by atoms with Gasteiger partial charge in [0.05, 0.1) is 16.8 Å². The minimum Gasteiger partial charge on any atom is -0.491 e. The van der Waals surface area contributed by atoms with Crippen molar-refractivity contribution in [1.29, 1.82) is 0 Å². The first-order valence-electron chi connectivity index (χ1n) is 6.59. The molecule has 0 aromatic heterocycles. The van der Waals surface area contributed by atoms with Crippen LogP contribution in [0.3, 0.4) is 0 Å². The van der Waals surface area contributed by atoms with Crippen molar-refractivity contribution in [1.82, 2.24) is 0 Å². The monoisotopic (exact) mass is 343 g/mol. The Kier molecular flexibility index (Phi) is 5.63. The Morgan fingerprint density at radius 1 is 1.00 bits per heavy atom. The third-order valence-corrected chi connectivity index (χ3v) is 3.57. The quantitative estimate of drug-likeness (QED) is 0.713. The van der Waals surface area contributed by atoms with Crippen molar-refractivity contribution in [3.05, 3.63) is 57.0 Å². The van der Waals surface area contributed by atoms with Crippen molar-refractivity contribution in [2.45, 2.75) is 26.5 Å². The molecule has 2 nitrogen and oxygen atoms in total. The van der Waals surface area contributed by atoms with Gasteiger partial charge in [0.25, 0.3) is 0 Å². The summed E-state index contributed by atoms with van der Waals surface area (Å²) in [6.45, 7) is 4.54. The number of ether oxygens (including phenoxy) is 1. The zero-order valence-electron chi connectivity index (χ0n) is 11.8. The van der Waals surface area contributed by atoms with Gasteiger partial charge < -0.3 is 10.1 Å². The summed E-state index contributed by atoms with van der Waals surface area (Å²) in [7, 11) is 0. The number of benzene rings is 2. The Labute approximate surface area is 140 Å². The molecule has 0 aliphatic carbocycles. The highest BCUT2D eigenvalue weighted by molar-refractivity contribution is 6.36. The molecule has 0 bridgehead atoms. The zero-order valence-corrected chi connectivity index (χ0v) is 14.1. The SMILES string of the molecule is CC(C)Oc1ccc(Cl)cc1CNc1ccc(Cl)cc1Cl. The summed E-state index contributed by atoms with van der Waals surface area (Å²) in [5.41, 5.74) is 1.79. The highest BCUT2D eigenvalue weighted by Crippen LogP contribution is 2.28. The predicted octanol–water partition coefficient (Wildman–Crippen LogP) is 6.05. The Morgan fingerprint density at radius 3 is 2.33 bits per heavy atom. The van der Waals surface area contributed by atoms with E-state index in [-0.39, 0.29) is 6.10 Å². The van der Waals surface area contributed by atoms with Crippen LogP contribution in [0.1, 0.15) is 19.4 Å². The lowest BCUT2D eigenvalue weighted by atomic mass is 10.2. The Hall–Kier alpha value is -1.09. The zero-order chi connectivity index (χ0) is 15.4. The van der Waals surface area contributed by atoms with Crippen molar-refractivity contribution in [2.24, 2.45) is 0 Å². The summed E-state index contributed by atoms with van der Waals surface area (Å²) in [6, 6.07) is 10.9. The van der Waals surface area contributed by atoms with E-state index in [0.29, 0.717) is 21.6 Å². The largest absolute Gasteiger partial charge is 0.491 e. The standard InChI is InChI=1S/C16H16Cl3NO/c1-10(2)21-16-6-4-12(17)7-11(16)9-20-15-5-3-13(18)8-14(15)19/h3-8,10,20H,9H2,1-2H3. The maximum atomic E-state index is 6.15. The molecule has 0 saturated carbocycles. The fraction of sp³-hybridized carbons (Fsp3) is 0.250. The van der Waals surface area contributed by atoms with Crippen molar-refractivity contribution < 1.29 is 4.74 Å². The third kappa shape index (κ3) is 4.70. The third-order valence-electron chi connectivity index (χ3n) is 2.79. The van der Waals surface area contributed by atoms with Crippen LogP contribution in [0.2, 0.25) is 15.1 Å². The predicted molar refractivity (Wildman–Crippen MR) is 91.0 cm³/mol. The molecule has 0 saturated heterocycles. The van der Waals surface area contributed by atoms with Crippen LogP contribution < -0.4 is 10.1 Å². The van der Waals surface area contributed by atoms with Gasteiger partial charge in [-0.15, -0.1) is 0 Å². The molecule has 1 N–H and O–H groups in total. The van der Waals surface area contributed by atoms with Gasteiger partial charge in [-0.05, 0) is 50.2 Å². The average Bonchev–Trinajstić information content (AvgIpc) is 2.40. The van der Waals surface area contributed by atoms with E-state index in [1.54, 1.807) is 12.1 Å². The van der Waals surface area contributed by atoms with Crippen LogP contribution >= 0.6 is 34.8 Å². The van der Waals surface area contributed by atoms with Crippen molar-refractivity contribution >= 4 is 40.5 Å². The van der Waals surface area contributed by atoms with Gasteiger partial charge in [0, 0.05) is 22.2 Å². The maximum absolute atomic E-state index is 6.15. The first kappa shape index (κ1) is 16.3. The summed E-state index contributed by atoms with van der Waals surface area (Å²) >= 11 is 18.1. The molecule has 0 spiro atoms. The fourth-order valence-electron chi connectivity index (χ4n) is 1.88. The van der Waals surface area contributed by atoms with E-state index in [9.17, 15) is 0 Å². The number of anilines is 1. The Balaban J connectivity index is 2.16. The van der Waals surface area contributed by atoms with Gasteiger partial charge >= 0.3 is 0 Å².